The van der Waals surface area contributed by atoms with Crippen LogP contribution in [0.25, 0.3) is 0 Å². The second-order valence-electron chi connectivity index (χ2n) is 7.46. The molecular weight excluding hydrogens is 347 g/mol. The molecule has 6 heteroatoms. The standard InChI is InChI=1S/C21H23FN2O3/c22-16-7-5-15(6-8-16)19-17-4-2-1-3-14(17)9-10-24(19)20(26)18-11-21(23,12-25)13-27-18/h1-8,18-19,25H,9-13,23H2/t18-,19+,21-/m1/s1. The van der Waals surface area contributed by atoms with Crippen LogP contribution in [-0.4, -0.2) is 47.3 Å². The molecule has 2 aliphatic rings. The van der Waals surface area contributed by atoms with Crippen LogP contribution in [0, 0.1) is 5.82 Å². The van der Waals surface area contributed by atoms with Gasteiger partial charge in [-0.3, -0.25) is 4.79 Å². The number of amides is 1. The third-order valence-corrected chi connectivity index (χ3v) is 5.51. The maximum Gasteiger partial charge on any atom is 0.252 e. The number of aliphatic hydroxyl groups is 1. The number of fused-ring (bicyclic) bond motifs is 1. The van der Waals surface area contributed by atoms with Crippen molar-refractivity contribution in [1.82, 2.24) is 4.90 Å². The number of hydrogen-bond donors (Lipinski definition) is 2. The maximum absolute atomic E-state index is 13.4. The molecule has 0 aliphatic carbocycles. The average molecular weight is 370 g/mol. The molecule has 0 spiro atoms. The van der Waals surface area contributed by atoms with Crippen LogP contribution in [0.15, 0.2) is 48.5 Å². The van der Waals surface area contributed by atoms with Crippen LogP contribution in [-0.2, 0) is 16.0 Å². The van der Waals surface area contributed by atoms with E-state index < -0.39 is 11.6 Å². The molecule has 2 aromatic rings. The molecule has 1 fully saturated rings. The van der Waals surface area contributed by atoms with Gasteiger partial charge in [-0.2, -0.15) is 0 Å². The number of ether oxygens (including phenoxy) is 1. The van der Waals surface area contributed by atoms with Crippen molar-refractivity contribution in [2.45, 2.75) is 30.5 Å². The lowest BCUT2D eigenvalue weighted by molar-refractivity contribution is -0.143. The van der Waals surface area contributed by atoms with Crippen molar-refractivity contribution in [2.75, 3.05) is 19.8 Å². The molecule has 5 nitrogen and oxygen atoms in total. The van der Waals surface area contributed by atoms with Gasteiger partial charge in [0.2, 0.25) is 0 Å². The van der Waals surface area contributed by atoms with E-state index in [-0.39, 0.29) is 37.4 Å². The van der Waals surface area contributed by atoms with Crippen LogP contribution in [0.1, 0.15) is 29.2 Å². The summed E-state index contributed by atoms with van der Waals surface area (Å²) in [5, 5.41) is 9.46. The van der Waals surface area contributed by atoms with E-state index in [4.69, 9.17) is 10.5 Å². The van der Waals surface area contributed by atoms with E-state index in [1.807, 2.05) is 18.2 Å². The lowest BCUT2D eigenvalue weighted by atomic mass is 9.87. The average Bonchev–Trinajstić information content (AvgIpc) is 3.10. The summed E-state index contributed by atoms with van der Waals surface area (Å²) in [4.78, 5) is 15.0. The van der Waals surface area contributed by atoms with Gasteiger partial charge >= 0.3 is 0 Å². The summed E-state index contributed by atoms with van der Waals surface area (Å²) in [6, 6.07) is 14.0. The van der Waals surface area contributed by atoms with Crippen LogP contribution in [0.2, 0.25) is 0 Å². The van der Waals surface area contributed by atoms with Crippen LogP contribution >= 0.6 is 0 Å². The van der Waals surface area contributed by atoms with Crippen molar-refractivity contribution in [3.05, 3.63) is 71.0 Å². The predicted molar refractivity (Wildman–Crippen MR) is 98.5 cm³/mol. The Kier molecular flexibility index (Phi) is 4.72. The highest BCUT2D eigenvalue weighted by Crippen LogP contribution is 2.37. The summed E-state index contributed by atoms with van der Waals surface area (Å²) in [7, 11) is 0. The van der Waals surface area contributed by atoms with Crippen LogP contribution in [0.5, 0.6) is 0 Å². The SMILES string of the molecule is N[C@]1(CO)CO[C@@H](C(=O)N2CCc3ccccc3[C@@H]2c2ccc(F)cc2)C1. The maximum atomic E-state index is 13.4. The minimum atomic E-state index is -0.876. The first kappa shape index (κ1) is 18.1. The summed E-state index contributed by atoms with van der Waals surface area (Å²) in [6.45, 7) is 0.487. The molecule has 27 heavy (non-hydrogen) atoms. The van der Waals surface area contributed by atoms with Gasteiger partial charge in [0.15, 0.2) is 0 Å². The van der Waals surface area contributed by atoms with Crippen molar-refractivity contribution >= 4 is 5.91 Å². The largest absolute Gasteiger partial charge is 0.394 e. The third kappa shape index (κ3) is 3.36. The highest BCUT2D eigenvalue weighted by atomic mass is 19.1. The molecule has 3 atom stereocenters. The van der Waals surface area contributed by atoms with Gasteiger partial charge in [-0.15, -0.1) is 0 Å². The van der Waals surface area contributed by atoms with Crippen molar-refractivity contribution in [1.29, 1.82) is 0 Å². The smallest absolute Gasteiger partial charge is 0.252 e. The fraction of sp³-hybridized carbons (Fsp3) is 0.381. The zero-order valence-corrected chi connectivity index (χ0v) is 15.0. The Labute approximate surface area is 157 Å². The summed E-state index contributed by atoms with van der Waals surface area (Å²) >= 11 is 0. The highest BCUT2D eigenvalue weighted by Gasteiger charge is 2.43. The Hall–Kier alpha value is -2.28. The summed E-state index contributed by atoms with van der Waals surface area (Å²) in [6.07, 6.45) is 0.367. The van der Waals surface area contributed by atoms with Crippen molar-refractivity contribution in [2.24, 2.45) is 5.73 Å². The first-order chi connectivity index (χ1) is 13.0. The van der Waals surface area contributed by atoms with E-state index in [0.29, 0.717) is 6.54 Å². The molecule has 4 rings (SSSR count). The molecule has 2 aromatic carbocycles. The number of rotatable bonds is 3. The van der Waals surface area contributed by atoms with E-state index in [9.17, 15) is 14.3 Å². The molecule has 142 valence electrons. The number of carbonyl (C=O) groups is 1. The van der Waals surface area contributed by atoms with Crippen molar-refractivity contribution in [3.63, 3.8) is 0 Å². The minimum absolute atomic E-state index is 0.139. The fourth-order valence-corrected chi connectivity index (χ4v) is 4.02. The van der Waals surface area contributed by atoms with E-state index in [0.717, 1.165) is 17.5 Å². The normalized spacial score (nSPS) is 27.4. The molecule has 1 saturated heterocycles. The lowest BCUT2D eigenvalue weighted by Crippen LogP contribution is -2.47. The van der Waals surface area contributed by atoms with Gasteiger partial charge in [0.1, 0.15) is 11.9 Å². The van der Waals surface area contributed by atoms with Gasteiger partial charge in [0.25, 0.3) is 5.91 Å². The second-order valence-corrected chi connectivity index (χ2v) is 7.46. The quantitative estimate of drug-likeness (QED) is 0.864. The number of benzene rings is 2. The van der Waals surface area contributed by atoms with Crippen LogP contribution in [0.4, 0.5) is 4.39 Å². The zero-order chi connectivity index (χ0) is 19.0. The molecule has 2 heterocycles. The van der Waals surface area contributed by atoms with Gasteiger partial charge < -0.3 is 20.5 Å². The summed E-state index contributed by atoms with van der Waals surface area (Å²) in [5.41, 5.74) is 8.28. The Morgan fingerprint density at radius 3 is 2.70 bits per heavy atom. The van der Waals surface area contributed by atoms with Crippen LogP contribution < -0.4 is 5.73 Å². The van der Waals surface area contributed by atoms with Crippen LogP contribution in [0.3, 0.4) is 0 Å². The van der Waals surface area contributed by atoms with E-state index >= 15 is 0 Å². The number of aliphatic hydroxyl groups excluding tert-OH is 1. The number of nitrogens with zero attached hydrogens (tertiary/aromatic N) is 1. The van der Waals surface area contributed by atoms with E-state index in [1.54, 1.807) is 17.0 Å². The molecule has 0 saturated carbocycles. The fourth-order valence-electron chi connectivity index (χ4n) is 4.02. The molecule has 0 unspecified atom stereocenters. The number of hydrogen-bond acceptors (Lipinski definition) is 4. The Bertz CT molecular complexity index is 842. The summed E-state index contributed by atoms with van der Waals surface area (Å²) in [5.74, 6) is -0.449. The van der Waals surface area contributed by atoms with Crippen molar-refractivity contribution < 1.29 is 19.0 Å². The van der Waals surface area contributed by atoms with Gasteiger partial charge in [-0.1, -0.05) is 36.4 Å². The second kappa shape index (κ2) is 7.03. The van der Waals surface area contributed by atoms with Gasteiger partial charge in [0.05, 0.1) is 24.8 Å². The number of halogens is 1. The van der Waals surface area contributed by atoms with Crippen molar-refractivity contribution in [3.8, 4) is 0 Å². The Balaban J connectivity index is 1.69. The minimum Gasteiger partial charge on any atom is -0.394 e. The number of nitrogens with two attached hydrogens (primary N) is 1. The topological polar surface area (TPSA) is 75.8 Å². The first-order valence-electron chi connectivity index (χ1n) is 9.16. The van der Waals surface area contributed by atoms with E-state index in [1.165, 1.54) is 17.7 Å². The number of carbonyl (C=O) groups excluding carboxylic acids is 1. The Morgan fingerprint density at radius 2 is 2.00 bits per heavy atom. The first-order valence-corrected chi connectivity index (χ1v) is 9.16. The highest BCUT2D eigenvalue weighted by molar-refractivity contribution is 5.82. The molecular formula is C21H23FN2O3. The molecule has 2 aliphatic heterocycles. The van der Waals surface area contributed by atoms with E-state index in [2.05, 4.69) is 6.07 Å². The predicted octanol–water partition coefficient (Wildman–Crippen LogP) is 1.78. The summed E-state index contributed by atoms with van der Waals surface area (Å²) < 4.78 is 19.1. The third-order valence-electron chi connectivity index (χ3n) is 5.51. The van der Waals surface area contributed by atoms with Gasteiger partial charge in [-0.25, -0.2) is 4.39 Å². The molecule has 0 radical (unpaired) electrons. The Morgan fingerprint density at radius 1 is 1.26 bits per heavy atom. The molecule has 0 bridgehead atoms. The van der Waals surface area contributed by atoms with Gasteiger partial charge in [-0.05, 0) is 35.2 Å². The monoisotopic (exact) mass is 370 g/mol. The molecule has 3 N–H and O–H groups in total. The van der Waals surface area contributed by atoms with Gasteiger partial charge in [0, 0.05) is 13.0 Å². The molecule has 0 aromatic heterocycles. The molecule has 1 amide bonds. The zero-order valence-electron chi connectivity index (χ0n) is 15.0. The lowest BCUT2D eigenvalue weighted by Gasteiger charge is -2.39.